The summed E-state index contributed by atoms with van der Waals surface area (Å²) >= 11 is 0. The van der Waals surface area contributed by atoms with Gasteiger partial charge < -0.3 is 11.1 Å². The molecule has 0 aliphatic carbocycles. The van der Waals surface area contributed by atoms with E-state index in [1.807, 2.05) is 55.1 Å². The summed E-state index contributed by atoms with van der Waals surface area (Å²) < 4.78 is 1.81. The van der Waals surface area contributed by atoms with Crippen LogP contribution in [0.4, 0.5) is 5.69 Å². The van der Waals surface area contributed by atoms with Gasteiger partial charge in [0.05, 0.1) is 23.8 Å². The van der Waals surface area contributed by atoms with E-state index in [-0.39, 0.29) is 18.3 Å². The molecule has 1 amide bonds. The Balaban J connectivity index is 0.00000264. The fourth-order valence-corrected chi connectivity index (χ4v) is 2.50. The summed E-state index contributed by atoms with van der Waals surface area (Å²) in [5.41, 5.74) is 7.19. The zero-order valence-electron chi connectivity index (χ0n) is 13.7. The first-order valence-corrected chi connectivity index (χ1v) is 7.71. The van der Waals surface area contributed by atoms with Gasteiger partial charge in [-0.15, -0.1) is 12.4 Å². The second-order valence-electron chi connectivity index (χ2n) is 5.56. The summed E-state index contributed by atoms with van der Waals surface area (Å²) in [5, 5.41) is 7.23. The average molecular weight is 337 g/mol. The number of hydrogen-bond acceptors (Lipinski definition) is 3. The number of rotatable bonds is 7. The topological polar surface area (TPSA) is 72.9 Å². The monoisotopic (exact) mass is 336 g/mol. The Hall–Kier alpha value is -1.85. The van der Waals surface area contributed by atoms with Crippen molar-refractivity contribution in [2.45, 2.75) is 33.2 Å². The Morgan fingerprint density at radius 2 is 1.91 bits per heavy atom. The number of carbonyl (C=O) groups excluding carboxylic acids is 1. The van der Waals surface area contributed by atoms with Crippen molar-refractivity contribution in [2.75, 3.05) is 11.9 Å². The third-order valence-corrected chi connectivity index (χ3v) is 4.30. The van der Waals surface area contributed by atoms with E-state index in [0.29, 0.717) is 18.8 Å². The van der Waals surface area contributed by atoms with Gasteiger partial charge in [-0.05, 0) is 18.4 Å². The van der Waals surface area contributed by atoms with Crippen molar-refractivity contribution in [3.05, 3.63) is 48.3 Å². The highest BCUT2D eigenvalue weighted by molar-refractivity contribution is 5.95. The summed E-state index contributed by atoms with van der Waals surface area (Å²) in [4.78, 5) is 12.5. The molecule has 5 nitrogen and oxygen atoms in total. The smallest absolute Gasteiger partial charge is 0.231 e. The molecule has 0 spiro atoms. The van der Waals surface area contributed by atoms with Crippen LogP contribution in [-0.2, 0) is 11.3 Å². The number of nitrogens with one attached hydrogen (secondary N) is 1. The molecule has 0 radical (unpaired) electrons. The standard InChI is InChI=1S/C17H24N4O.ClH/c1-3-17(4-2,13-18)16(22)20-15-10-19-21(12-15)11-14-8-6-5-7-9-14;/h5-10,12H,3-4,11,13,18H2,1-2H3,(H,20,22);1H. The van der Waals surface area contributed by atoms with Crippen LogP contribution >= 0.6 is 12.4 Å². The number of hydrogen-bond donors (Lipinski definition) is 2. The lowest BCUT2D eigenvalue weighted by atomic mass is 9.81. The molecule has 0 saturated heterocycles. The van der Waals surface area contributed by atoms with Gasteiger partial charge >= 0.3 is 0 Å². The third kappa shape index (κ3) is 4.56. The van der Waals surface area contributed by atoms with Crippen molar-refractivity contribution in [3.63, 3.8) is 0 Å². The molecule has 0 saturated carbocycles. The Morgan fingerprint density at radius 1 is 1.26 bits per heavy atom. The fourth-order valence-electron chi connectivity index (χ4n) is 2.50. The zero-order valence-corrected chi connectivity index (χ0v) is 14.5. The predicted molar refractivity (Wildman–Crippen MR) is 95.7 cm³/mol. The van der Waals surface area contributed by atoms with Gasteiger partial charge in [-0.1, -0.05) is 44.2 Å². The number of carbonyl (C=O) groups is 1. The van der Waals surface area contributed by atoms with Crippen LogP contribution < -0.4 is 11.1 Å². The van der Waals surface area contributed by atoms with E-state index in [1.165, 1.54) is 5.56 Å². The number of nitrogens with zero attached hydrogens (tertiary/aromatic N) is 2. The van der Waals surface area contributed by atoms with Crippen molar-refractivity contribution < 1.29 is 4.79 Å². The van der Waals surface area contributed by atoms with Crippen molar-refractivity contribution in [1.82, 2.24) is 9.78 Å². The molecule has 2 rings (SSSR count). The lowest BCUT2D eigenvalue weighted by molar-refractivity contribution is -0.125. The van der Waals surface area contributed by atoms with E-state index >= 15 is 0 Å². The van der Waals surface area contributed by atoms with Gasteiger partial charge in [0.25, 0.3) is 0 Å². The van der Waals surface area contributed by atoms with Gasteiger partial charge in [0.15, 0.2) is 0 Å². The Morgan fingerprint density at radius 3 is 2.48 bits per heavy atom. The lowest BCUT2D eigenvalue weighted by Gasteiger charge is -2.28. The lowest BCUT2D eigenvalue weighted by Crippen LogP contribution is -2.41. The van der Waals surface area contributed by atoms with Gasteiger partial charge in [-0.2, -0.15) is 5.10 Å². The normalized spacial score (nSPS) is 10.9. The Kier molecular flexibility index (Phi) is 7.26. The van der Waals surface area contributed by atoms with E-state index in [4.69, 9.17) is 5.73 Å². The predicted octanol–water partition coefficient (Wildman–Crippen LogP) is 3.06. The van der Waals surface area contributed by atoms with E-state index in [9.17, 15) is 4.79 Å². The molecule has 0 unspecified atom stereocenters. The minimum atomic E-state index is -0.498. The first kappa shape index (κ1) is 19.2. The molecule has 1 aromatic heterocycles. The number of aromatic nitrogens is 2. The van der Waals surface area contributed by atoms with Gasteiger partial charge in [0.1, 0.15) is 0 Å². The molecule has 0 aliphatic rings. The molecule has 23 heavy (non-hydrogen) atoms. The SMILES string of the molecule is CCC(CC)(CN)C(=O)Nc1cnn(Cc2ccccc2)c1.Cl. The van der Waals surface area contributed by atoms with Gasteiger partial charge in [0, 0.05) is 12.7 Å². The van der Waals surface area contributed by atoms with E-state index < -0.39 is 5.41 Å². The minimum Gasteiger partial charge on any atom is -0.329 e. The van der Waals surface area contributed by atoms with Crippen molar-refractivity contribution in [3.8, 4) is 0 Å². The Labute approximate surface area is 143 Å². The molecule has 0 bridgehead atoms. The maximum atomic E-state index is 12.5. The number of halogens is 1. The van der Waals surface area contributed by atoms with E-state index in [2.05, 4.69) is 10.4 Å². The second kappa shape index (κ2) is 8.70. The van der Waals surface area contributed by atoms with Crippen molar-refractivity contribution >= 4 is 24.0 Å². The molecule has 6 heteroatoms. The summed E-state index contributed by atoms with van der Waals surface area (Å²) in [6.07, 6.45) is 4.97. The van der Waals surface area contributed by atoms with Crippen LogP contribution in [0.1, 0.15) is 32.3 Å². The molecule has 126 valence electrons. The molecule has 1 aromatic carbocycles. The van der Waals surface area contributed by atoms with Crippen LogP contribution in [0.25, 0.3) is 0 Å². The molecule has 2 aromatic rings. The second-order valence-corrected chi connectivity index (χ2v) is 5.56. The third-order valence-electron chi connectivity index (χ3n) is 4.30. The first-order valence-electron chi connectivity index (χ1n) is 7.71. The number of benzene rings is 1. The summed E-state index contributed by atoms with van der Waals surface area (Å²) in [5.74, 6) is -0.0285. The summed E-state index contributed by atoms with van der Waals surface area (Å²) in [7, 11) is 0. The highest BCUT2D eigenvalue weighted by Crippen LogP contribution is 2.26. The molecular formula is C17H25ClN4O. The highest BCUT2D eigenvalue weighted by Gasteiger charge is 2.33. The minimum absolute atomic E-state index is 0. The average Bonchev–Trinajstić information content (AvgIpc) is 2.97. The summed E-state index contributed by atoms with van der Waals surface area (Å²) in [6.45, 7) is 5.02. The van der Waals surface area contributed by atoms with Crippen molar-refractivity contribution in [1.29, 1.82) is 0 Å². The molecular weight excluding hydrogens is 312 g/mol. The van der Waals surface area contributed by atoms with Gasteiger partial charge in [0.2, 0.25) is 5.91 Å². The number of amides is 1. The maximum Gasteiger partial charge on any atom is 0.231 e. The fraction of sp³-hybridized carbons (Fsp3) is 0.412. The largest absolute Gasteiger partial charge is 0.329 e. The van der Waals surface area contributed by atoms with Gasteiger partial charge in [-0.25, -0.2) is 0 Å². The highest BCUT2D eigenvalue weighted by atomic mass is 35.5. The molecule has 0 aliphatic heterocycles. The van der Waals surface area contributed by atoms with Crippen LogP contribution in [-0.4, -0.2) is 22.2 Å². The van der Waals surface area contributed by atoms with Crippen LogP contribution in [0.15, 0.2) is 42.7 Å². The molecule has 3 N–H and O–H groups in total. The number of nitrogens with two attached hydrogens (primary N) is 1. The van der Waals surface area contributed by atoms with E-state index in [0.717, 1.165) is 12.8 Å². The van der Waals surface area contributed by atoms with Crippen LogP contribution in [0, 0.1) is 5.41 Å². The van der Waals surface area contributed by atoms with Crippen LogP contribution in [0.3, 0.4) is 0 Å². The van der Waals surface area contributed by atoms with Gasteiger partial charge in [-0.3, -0.25) is 9.48 Å². The molecule has 0 fully saturated rings. The summed E-state index contributed by atoms with van der Waals surface area (Å²) in [6, 6.07) is 10.1. The number of anilines is 1. The molecule has 0 atom stereocenters. The Bertz CT molecular complexity index is 600. The van der Waals surface area contributed by atoms with Crippen LogP contribution in [0.5, 0.6) is 0 Å². The van der Waals surface area contributed by atoms with Crippen LogP contribution in [0.2, 0.25) is 0 Å². The zero-order chi connectivity index (χ0) is 16.0. The first-order chi connectivity index (χ1) is 10.6. The quantitative estimate of drug-likeness (QED) is 0.816. The maximum absolute atomic E-state index is 12.5. The van der Waals surface area contributed by atoms with E-state index in [1.54, 1.807) is 6.20 Å². The van der Waals surface area contributed by atoms with Crippen molar-refractivity contribution in [2.24, 2.45) is 11.1 Å². The molecule has 1 heterocycles.